The number of para-hydroxylation sites is 1. The van der Waals surface area contributed by atoms with Crippen LogP contribution in [0.2, 0.25) is 0 Å². The predicted molar refractivity (Wildman–Crippen MR) is 86.7 cm³/mol. The van der Waals surface area contributed by atoms with Crippen LogP contribution in [0.1, 0.15) is 23.1 Å². The van der Waals surface area contributed by atoms with Gasteiger partial charge in [-0.15, -0.1) is 0 Å². The molecule has 0 N–H and O–H groups in total. The van der Waals surface area contributed by atoms with Crippen LogP contribution in [0.15, 0.2) is 48.5 Å². The molecule has 1 fully saturated rings. The number of imide groups is 1. The molecule has 3 nitrogen and oxygen atoms in total. The zero-order valence-corrected chi connectivity index (χ0v) is 12.9. The van der Waals surface area contributed by atoms with E-state index in [0.717, 1.165) is 5.56 Å². The highest BCUT2D eigenvalue weighted by Crippen LogP contribution is 2.28. The molecule has 1 heterocycles. The molecule has 0 aliphatic carbocycles. The molecule has 3 heteroatoms. The largest absolute Gasteiger partial charge is 0.274 e. The van der Waals surface area contributed by atoms with Crippen LogP contribution in [0.4, 0.5) is 5.69 Å². The van der Waals surface area contributed by atoms with Gasteiger partial charge in [-0.1, -0.05) is 47.5 Å². The van der Waals surface area contributed by atoms with Gasteiger partial charge in [0.1, 0.15) is 0 Å². The van der Waals surface area contributed by atoms with Crippen molar-refractivity contribution in [1.82, 2.24) is 0 Å². The van der Waals surface area contributed by atoms with Gasteiger partial charge in [0.15, 0.2) is 0 Å². The summed E-state index contributed by atoms with van der Waals surface area (Å²) in [4.78, 5) is 26.1. The predicted octanol–water partition coefficient (Wildman–Crippen LogP) is 3.43. The Morgan fingerprint density at radius 2 is 1.64 bits per heavy atom. The summed E-state index contributed by atoms with van der Waals surface area (Å²) in [5.41, 5.74) is 4.16. The van der Waals surface area contributed by atoms with Crippen molar-refractivity contribution in [3.63, 3.8) is 0 Å². The molecule has 0 aromatic heterocycles. The van der Waals surface area contributed by atoms with E-state index in [9.17, 15) is 9.59 Å². The lowest BCUT2D eigenvalue weighted by molar-refractivity contribution is -0.122. The second-order valence-corrected chi connectivity index (χ2v) is 6.00. The molecule has 1 aliphatic heterocycles. The minimum absolute atomic E-state index is 0.0876. The Morgan fingerprint density at radius 3 is 2.27 bits per heavy atom. The second-order valence-electron chi connectivity index (χ2n) is 6.00. The van der Waals surface area contributed by atoms with Crippen LogP contribution in [-0.4, -0.2) is 11.8 Å². The molecule has 2 aromatic rings. The number of amides is 2. The van der Waals surface area contributed by atoms with Gasteiger partial charge in [0.25, 0.3) is 0 Å². The van der Waals surface area contributed by atoms with Crippen molar-refractivity contribution in [2.24, 2.45) is 5.92 Å². The first kappa shape index (κ1) is 14.5. The zero-order valence-electron chi connectivity index (χ0n) is 12.9. The number of rotatable bonds is 3. The van der Waals surface area contributed by atoms with Crippen molar-refractivity contribution in [3.05, 3.63) is 65.2 Å². The third-order valence-electron chi connectivity index (χ3n) is 4.02. The summed E-state index contributed by atoms with van der Waals surface area (Å²) in [6, 6.07) is 15.5. The Bertz CT molecular complexity index is 701. The van der Waals surface area contributed by atoms with E-state index >= 15 is 0 Å². The monoisotopic (exact) mass is 293 g/mol. The normalized spacial score (nSPS) is 18.1. The highest BCUT2D eigenvalue weighted by atomic mass is 16.2. The summed E-state index contributed by atoms with van der Waals surface area (Å²) in [7, 11) is 0. The van der Waals surface area contributed by atoms with Gasteiger partial charge >= 0.3 is 0 Å². The van der Waals surface area contributed by atoms with Gasteiger partial charge in [-0.05, 0) is 38.0 Å². The van der Waals surface area contributed by atoms with Crippen molar-refractivity contribution < 1.29 is 9.59 Å². The molecule has 0 saturated carbocycles. The van der Waals surface area contributed by atoms with Gasteiger partial charge in [-0.3, -0.25) is 14.5 Å². The first-order valence-electron chi connectivity index (χ1n) is 7.53. The fourth-order valence-electron chi connectivity index (χ4n) is 3.17. The minimum atomic E-state index is -0.256. The van der Waals surface area contributed by atoms with Crippen LogP contribution < -0.4 is 4.90 Å². The molecule has 3 rings (SSSR count). The third kappa shape index (κ3) is 2.80. The van der Waals surface area contributed by atoms with Crippen molar-refractivity contribution in [1.29, 1.82) is 0 Å². The van der Waals surface area contributed by atoms with Crippen LogP contribution in [0.25, 0.3) is 0 Å². The van der Waals surface area contributed by atoms with Gasteiger partial charge in [-0.25, -0.2) is 0 Å². The van der Waals surface area contributed by atoms with Gasteiger partial charge < -0.3 is 0 Å². The smallest absolute Gasteiger partial charge is 0.237 e. The summed E-state index contributed by atoms with van der Waals surface area (Å²) in [5.74, 6) is -0.449. The first-order chi connectivity index (χ1) is 10.5. The first-order valence-corrected chi connectivity index (χ1v) is 7.53. The number of carbonyl (C=O) groups is 2. The van der Waals surface area contributed by atoms with E-state index in [4.69, 9.17) is 0 Å². The summed E-state index contributed by atoms with van der Waals surface area (Å²) < 4.78 is 0. The number of anilines is 1. The number of benzene rings is 2. The maximum absolute atomic E-state index is 12.6. The summed E-state index contributed by atoms with van der Waals surface area (Å²) in [6.45, 7) is 4.10. The fourth-order valence-corrected chi connectivity index (χ4v) is 3.17. The van der Waals surface area contributed by atoms with E-state index in [-0.39, 0.29) is 17.7 Å². The molecule has 0 unspecified atom stereocenters. The Morgan fingerprint density at radius 1 is 1.00 bits per heavy atom. The van der Waals surface area contributed by atoms with Gasteiger partial charge in [0.2, 0.25) is 11.8 Å². The van der Waals surface area contributed by atoms with E-state index in [1.54, 1.807) is 12.1 Å². The fraction of sp³-hybridized carbons (Fsp3) is 0.263. The minimum Gasteiger partial charge on any atom is -0.274 e. The number of carbonyl (C=O) groups excluding carboxylic acids is 2. The van der Waals surface area contributed by atoms with E-state index < -0.39 is 0 Å². The maximum atomic E-state index is 12.6. The van der Waals surface area contributed by atoms with Crippen LogP contribution in [0, 0.1) is 19.8 Å². The Labute approximate surface area is 130 Å². The van der Waals surface area contributed by atoms with Crippen molar-refractivity contribution in [2.75, 3.05) is 4.90 Å². The molecule has 1 saturated heterocycles. The standard InChI is InChI=1S/C19H19NO2/c1-13-8-14(2)10-15(9-13)11-16-12-18(21)20(19(16)22)17-6-4-3-5-7-17/h3-10,16H,11-12H2,1-2H3/t16-/m1/s1. The van der Waals surface area contributed by atoms with E-state index in [2.05, 4.69) is 18.2 Å². The highest BCUT2D eigenvalue weighted by molar-refractivity contribution is 6.20. The number of aryl methyl sites for hydroxylation is 2. The number of nitrogens with zero attached hydrogens (tertiary/aromatic N) is 1. The average molecular weight is 293 g/mol. The lowest BCUT2D eigenvalue weighted by Gasteiger charge is -2.15. The summed E-state index contributed by atoms with van der Waals surface area (Å²) >= 11 is 0. The van der Waals surface area contributed by atoms with Gasteiger partial charge in [-0.2, -0.15) is 0 Å². The zero-order chi connectivity index (χ0) is 15.7. The molecule has 2 aromatic carbocycles. The molecule has 1 aliphatic rings. The Hall–Kier alpha value is -2.42. The molecule has 2 amide bonds. The maximum Gasteiger partial charge on any atom is 0.237 e. The van der Waals surface area contributed by atoms with E-state index in [1.807, 2.05) is 32.0 Å². The quantitative estimate of drug-likeness (QED) is 0.813. The van der Waals surface area contributed by atoms with Crippen LogP contribution in [-0.2, 0) is 16.0 Å². The molecule has 0 bridgehead atoms. The third-order valence-corrected chi connectivity index (χ3v) is 4.02. The lowest BCUT2D eigenvalue weighted by Crippen LogP contribution is -2.30. The molecule has 0 radical (unpaired) electrons. The SMILES string of the molecule is Cc1cc(C)cc(C[C@@H]2CC(=O)N(c3ccccc3)C2=O)c1. The van der Waals surface area contributed by atoms with Crippen molar-refractivity contribution in [3.8, 4) is 0 Å². The molecular weight excluding hydrogens is 274 g/mol. The molecule has 1 atom stereocenters. The van der Waals surface area contributed by atoms with Crippen LogP contribution in [0.5, 0.6) is 0 Å². The van der Waals surface area contributed by atoms with Crippen LogP contribution >= 0.6 is 0 Å². The molecular formula is C19H19NO2. The summed E-state index contributed by atoms with van der Waals surface area (Å²) in [5, 5.41) is 0. The molecule has 112 valence electrons. The number of hydrogen-bond donors (Lipinski definition) is 0. The summed E-state index contributed by atoms with van der Waals surface area (Å²) in [6.07, 6.45) is 0.914. The number of hydrogen-bond acceptors (Lipinski definition) is 2. The second kappa shape index (κ2) is 5.76. The Kier molecular flexibility index (Phi) is 3.80. The molecule has 22 heavy (non-hydrogen) atoms. The van der Waals surface area contributed by atoms with E-state index in [0.29, 0.717) is 18.5 Å². The van der Waals surface area contributed by atoms with E-state index in [1.165, 1.54) is 16.0 Å². The topological polar surface area (TPSA) is 37.4 Å². The van der Waals surface area contributed by atoms with Crippen molar-refractivity contribution >= 4 is 17.5 Å². The molecule has 0 spiro atoms. The van der Waals surface area contributed by atoms with Crippen LogP contribution in [0.3, 0.4) is 0 Å². The average Bonchev–Trinajstić information content (AvgIpc) is 2.73. The van der Waals surface area contributed by atoms with Crippen molar-refractivity contribution in [2.45, 2.75) is 26.7 Å². The van der Waals surface area contributed by atoms with Gasteiger partial charge in [0.05, 0.1) is 11.6 Å². The highest BCUT2D eigenvalue weighted by Gasteiger charge is 2.39. The lowest BCUT2D eigenvalue weighted by atomic mass is 9.95. The van der Waals surface area contributed by atoms with Gasteiger partial charge in [0, 0.05) is 6.42 Å². The Balaban J connectivity index is 1.82.